The molecule has 5 nitrogen and oxygen atoms in total. The van der Waals surface area contributed by atoms with E-state index in [0.29, 0.717) is 12.4 Å². The van der Waals surface area contributed by atoms with E-state index in [-0.39, 0.29) is 0 Å². The summed E-state index contributed by atoms with van der Waals surface area (Å²) in [6.07, 6.45) is 8.54. The average molecular weight is 263 g/mol. The van der Waals surface area contributed by atoms with Gasteiger partial charge < -0.3 is 9.88 Å². The Hall–Kier alpha value is -2.87. The van der Waals surface area contributed by atoms with Crippen LogP contribution in [0.3, 0.4) is 0 Å². The highest BCUT2D eigenvalue weighted by Gasteiger charge is 2.09. The van der Waals surface area contributed by atoms with Gasteiger partial charge in [0, 0.05) is 0 Å². The number of fused-ring (bicyclic) bond motifs is 1. The number of nitrogens with one attached hydrogen (secondary N) is 1. The van der Waals surface area contributed by atoms with Crippen LogP contribution < -0.4 is 5.32 Å². The van der Waals surface area contributed by atoms with E-state index in [9.17, 15) is 0 Å². The van der Waals surface area contributed by atoms with E-state index < -0.39 is 0 Å². The predicted molar refractivity (Wildman–Crippen MR) is 78.2 cm³/mol. The van der Waals surface area contributed by atoms with Gasteiger partial charge in [0.2, 0.25) is 0 Å². The smallest absolute Gasteiger partial charge is 0.165 e. The normalized spacial score (nSPS) is 10.3. The molecular weight excluding hydrogens is 250 g/mol. The lowest BCUT2D eigenvalue weighted by Gasteiger charge is -2.05. The molecule has 0 fully saturated rings. The molecule has 0 aliphatic carbocycles. The first-order chi connectivity index (χ1) is 9.88. The molecule has 2 heterocycles. The second kappa shape index (κ2) is 5.41. The summed E-state index contributed by atoms with van der Waals surface area (Å²) >= 11 is 0. The molecule has 0 saturated heterocycles. The Bertz CT molecular complexity index is 755. The highest BCUT2D eigenvalue weighted by Crippen LogP contribution is 2.18. The number of terminal acetylenes is 1. The van der Waals surface area contributed by atoms with Crippen LogP contribution in [0.15, 0.2) is 43.0 Å². The monoisotopic (exact) mass is 263 g/mol. The van der Waals surface area contributed by atoms with Crippen molar-refractivity contribution in [2.75, 3.05) is 11.9 Å². The number of rotatable bonds is 4. The van der Waals surface area contributed by atoms with Crippen molar-refractivity contribution in [3.63, 3.8) is 0 Å². The molecule has 98 valence electrons. The van der Waals surface area contributed by atoms with Crippen molar-refractivity contribution in [3.8, 4) is 12.3 Å². The molecule has 3 aromatic rings. The molecule has 0 spiro atoms. The molecule has 0 radical (unpaired) electrons. The van der Waals surface area contributed by atoms with Crippen molar-refractivity contribution in [1.82, 2.24) is 19.5 Å². The van der Waals surface area contributed by atoms with Gasteiger partial charge in [0.05, 0.1) is 19.4 Å². The molecule has 1 N–H and O–H groups in total. The van der Waals surface area contributed by atoms with Crippen LogP contribution in [0.25, 0.3) is 11.2 Å². The van der Waals surface area contributed by atoms with Crippen molar-refractivity contribution >= 4 is 17.0 Å². The molecule has 2 aromatic heterocycles. The maximum Gasteiger partial charge on any atom is 0.165 e. The average Bonchev–Trinajstić information content (AvgIpc) is 2.90. The summed E-state index contributed by atoms with van der Waals surface area (Å²) in [6.45, 7) is 1.14. The van der Waals surface area contributed by atoms with Gasteiger partial charge in [-0.15, -0.1) is 6.42 Å². The third-order valence-corrected chi connectivity index (χ3v) is 2.95. The van der Waals surface area contributed by atoms with Gasteiger partial charge in [0.15, 0.2) is 11.5 Å². The minimum absolute atomic E-state index is 0.414. The molecule has 0 aliphatic rings. The molecule has 0 unspecified atom stereocenters. The SMILES string of the molecule is C#CCNc1ncnc2c1ncn2Cc1ccccc1. The summed E-state index contributed by atoms with van der Waals surface area (Å²) < 4.78 is 1.99. The number of aromatic nitrogens is 4. The zero-order chi connectivity index (χ0) is 13.8. The quantitative estimate of drug-likeness (QED) is 0.731. The van der Waals surface area contributed by atoms with Gasteiger partial charge >= 0.3 is 0 Å². The number of benzene rings is 1. The summed E-state index contributed by atoms with van der Waals surface area (Å²) in [5.74, 6) is 3.19. The molecule has 0 aliphatic heterocycles. The van der Waals surface area contributed by atoms with Crippen molar-refractivity contribution < 1.29 is 0 Å². The van der Waals surface area contributed by atoms with Gasteiger partial charge in [-0.3, -0.25) is 0 Å². The summed E-state index contributed by atoms with van der Waals surface area (Å²) in [5, 5.41) is 3.05. The molecule has 3 rings (SSSR count). The van der Waals surface area contributed by atoms with Crippen molar-refractivity contribution in [1.29, 1.82) is 0 Å². The molecule has 1 aromatic carbocycles. The minimum atomic E-state index is 0.414. The van der Waals surface area contributed by atoms with E-state index in [2.05, 4.69) is 38.3 Å². The largest absolute Gasteiger partial charge is 0.357 e. The van der Waals surface area contributed by atoms with Gasteiger partial charge in [-0.2, -0.15) is 0 Å². The minimum Gasteiger partial charge on any atom is -0.357 e. The Kier molecular flexibility index (Phi) is 3.29. The molecule has 0 amide bonds. The molecular formula is C15H13N5. The van der Waals surface area contributed by atoms with Gasteiger partial charge in [-0.05, 0) is 5.56 Å². The van der Waals surface area contributed by atoms with Crippen LogP contribution in [0, 0.1) is 12.3 Å². The van der Waals surface area contributed by atoms with Gasteiger partial charge in [0.25, 0.3) is 0 Å². The zero-order valence-electron chi connectivity index (χ0n) is 10.8. The Morgan fingerprint density at radius 3 is 2.80 bits per heavy atom. The van der Waals surface area contributed by atoms with Crippen LogP contribution in [0.1, 0.15) is 5.56 Å². The van der Waals surface area contributed by atoms with Gasteiger partial charge in [0.1, 0.15) is 11.8 Å². The first kappa shape index (κ1) is 12.2. The van der Waals surface area contributed by atoms with E-state index >= 15 is 0 Å². The summed E-state index contributed by atoms with van der Waals surface area (Å²) in [4.78, 5) is 12.8. The molecule has 5 heteroatoms. The summed E-state index contributed by atoms with van der Waals surface area (Å²) in [5.41, 5.74) is 2.73. The molecule has 20 heavy (non-hydrogen) atoms. The number of nitrogens with zero attached hydrogens (tertiary/aromatic N) is 4. The highest BCUT2D eigenvalue weighted by molar-refractivity contribution is 5.82. The Labute approximate surface area is 116 Å². The first-order valence-corrected chi connectivity index (χ1v) is 6.25. The summed E-state index contributed by atoms with van der Waals surface area (Å²) in [7, 11) is 0. The Balaban J connectivity index is 1.96. The third kappa shape index (κ3) is 2.31. The van der Waals surface area contributed by atoms with E-state index in [1.54, 1.807) is 6.33 Å². The molecule has 0 bridgehead atoms. The van der Waals surface area contributed by atoms with Gasteiger partial charge in [-0.25, -0.2) is 15.0 Å². The van der Waals surface area contributed by atoms with Crippen LogP contribution in [0.4, 0.5) is 5.82 Å². The lowest BCUT2D eigenvalue weighted by Crippen LogP contribution is -2.03. The number of imidazole rings is 1. The predicted octanol–water partition coefficient (Wildman–Crippen LogP) is 1.92. The standard InChI is InChI=1S/C15H13N5/c1-2-8-16-14-13-15(18-10-17-14)20(11-19-13)9-12-6-4-3-5-7-12/h1,3-7,10-11H,8-9H2,(H,16,17,18). The van der Waals surface area contributed by atoms with Gasteiger partial charge in [-0.1, -0.05) is 36.3 Å². The second-order valence-corrected chi connectivity index (χ2v) is 4.31. The lowest BCUT2D eigenvalue weighted by molar-refractivity contribution is 0.813. The van der Waals surface area contributed by atoms with Crippen LogP contribution >= 0.6 is 0 Å². The lowest BCUT2D eigenvalue weighted by atomic mass is 10.2. The first-order valence-electron chi connectivity index (χ1n) is 6.25. The summed E-state index contributed by atoms with van der Waals surface area (Å²) in [6, 6.07) is 10.2. The van der Waals surface area contributed by atoms with Crippen LogP contribution in [0.2, 0.25) is 0 Å². The fourth-order valence-electron chi connectivity index (χ4n) is 2.04. The third-order valence-electron chi connectivity index (χ3n) is 2.95. The molecule has 0 saturated carbocycles. The van der Waals surface area contributed by atoms with Crippen LogP contribution in [-0.4, -0.2) is 26.1 Å². The number of hydrogen-bond donors (Lipinski definition) is 1. The van der Waals surface area contributed by atoms with E-state index in [0.717, 1.165) is 17.7 Å². The van der Waals surface area contributed by atoms with E-state index in [1.807, 2.05) is 22.8 Å². The Morgan fingerprint density at radius 1 is 1.15 bits per heavy atom. The van der Waals surface area contributed by atoms with Crippen LogP contribution in [-0.2, 0) is 6.54 Å². The highest BCUT2D eigenvalue weighted by atomic mass is 15.1. The van der Waals surface area contributed by atoms with Crippen molar-refractivity contribution in [2.24, 2.45) is 0 Å². The number of hydrogen-bond acceptors (Lipinski definition) is 4. The second-order valence-electron chi connectivity index (χ2n) is 4.31. The van der Waals surface area contributed by atoms with Crippen LogP contribution in [0.5, 0.6) is 0 Å². The van der Waals surface area contributed by atoms with E-state index in [1.165, 1.54) is 11.9 Å². The van der Waals surface area contributed by atoms with E-state index in [4.69, 9.17) is 6.42 Å². The Morgan fingerprint density at radius 2 is 2.00 bits per heavy atom. The topological polar surface area (TPSA) is 55.6 Å². The zero-order valence-corrected chi connectivity index (χ0v) is 10.8. The maximum atomic E-state index is 5.25. The fourth-order valence-corrected chi connectivity index (χ4v) is 2.04. The maximum absolute atomic E-state index is 5.25. The molecule has 0 atom stereocenters. The van der Waals surface area contributed by atoms with Crippen molar-refractivity contribution in [2.45, 2.75) is 6.54 Å². The number of anilines is 1. The fraction of sp³-hybridized carbons (Fsp3) is 0.133. The van der Waals surface area contributed by atoms with Crippen molar-refractivity contribution in [3.05, 3.63) is 48.5 Å².